The third-order valence-electron chi connectivity index (χ3n) is 2.66. The maximum Gasteiger partial charge on any atom is 0.418 e. The van der Waals surface area contributed by atoms with Crippen LogP contribution in [0.5, 0.6) is 0 Å². The number of hydrogen-bond donors (Lipinski definition) is 1. The fraction of sp³-hybridized carbons (Fsp3) is 0.0714. The lowest BCUT2D eigenvalue weighted by molar-refractivity contribution is -0.136. The quantitative estimate of drug-likeness (QED) is 0.778. The van der Waals surface area contributed by atoms with E-state index in [1.165, 1.54) is 0 Å². The molecule has 8 heteroatoms. The molecular weight excluding hydrogens is 329 g/mol. The van der Waals surface area contributed by atoms with Crippen LogP contribution in [0.15, 0.2) is 36.4 Å². The van der Waals surface area contributed by atoms with Crippen molar-refractivity contribution in [3.05, 3.63) is 64.2 Å². The predicted molar refractivity (Wildman–Crippen MR) is 70.8 cm³/mol. The summed E-state index contributed by atoms with van der Waals surface area (Å²) in [6.07, 6.45) is -4.75. The van der Waals surface area contributed by atoms with Crippen molar-refractivity contribution in [2.75, 3.05) is 5.32 Å². The summed E-state index contributed by atoms with van der Waals surface area (Å²) < 4.78 is 64.7. The molecule has 0 aliphatic heterocycles. The highest BCUT2D eigenvalue weighted by atomic mass is 35.5. The van der Waals surface area contributed by atoms with Gasteiger partial charge in [0.25, 0.3) is 5.91 Å². The molecule has 0 radical (unpaired) electrons. The maximum atomic E-state index is 13.0. The fourth-order valence-corrected chi connectivity index (χ4v) is 1.91. The van der Waals surface area contributed by atoms with E-state index in [4.69, 9.17) is 11.6 Å². The Labute approximate surface area is 126 Å². The number of carbonyl (C=O) groups is 1. The average Bonchev–Trinajstić information content (AvgIpc) is 2.38. The van der Waals surface area contributed by atoms with Crippen LogP contribution >= 0.6 is 11.6 Å². The van der Waals surface area contributed by atoms with E-state index in [-0.39, 0.29) is 5.02 Å². The molecular formula is C14H7ClF5NO. The van der Waals surface area contributed by atoms with Gasteiger partial charge in [0.15, 0.2) is 0 Å². The molecule has 0 saturated heterocycles. The Bertz CT molecular complexity index is 709. The Morgan fingerprint density at radius 2 is 1.59 bits per heavy atom. The van der Waals surface area contributed by atoms with Crippen LogP contribution in [0.4, 0.5) is 27.6 Å². The topological polar surface area (TPSA) is 29.1 Å². The third-order valence-corrected chi connectivity index (χ3v) is 2.90. The van der Waals surface area contributed by atoms with E-state index in [2.05, 4.69) is 0 Å². The summed E-state index contributed by atoms with van der Waals surface area (Å²) in [5.41, 5.74) is -2.17. The molecule has 2 rings (SSSR count). The molecule has 0 spiro atoms. The monoisotopic (exact) mass is 335 g/mol. The first-order valence-corrected chi connectivity index (χ1v) is 6.19. The van der Waals surface area contributed by atoms with Crippen molar-refractivity contribution in [3.8, 4) is 0 Å². The highest BCUT2D eigenvalue weighted by Crippen LogP contribution is 2.36. The van der Waals surface area contributed by atoms with Crippen molar-refractivity contribution in [2.45, 2.75) is 6.18 Å². The predicted octanol–water partition coefficient (Wildman–Crippen LogP) is 4.89. The van der Waals surface area contributed by atoms with Gasteiger partial charge in [-0.15, -0.1) is 0 Å². The maximum absolute atomic E-state index is 13.0. The summed E-state index contributed by atoms with van der Waals surface area (Å²) in [5, 5.41) is 1.80. The summed E-state index contributed by atoms with van der Waals surface area (Å²) >= 11 is 5.51. The molecule has 0 fully saturated rings. The van der Waals surface area contributed by atoms with Crippen LogP contribution in [0.1, 0.15) is 15.9 Å². The smallest absolute Gasteiger partial charge is 0.321 e. The molecule has 0 aliphatic carbocycles. The highest BCUT2D eigenvalue weighted by molar-refractivity contribution is 6.30. The zero-order valence-electron chi connectivity index (χ0n) is 10.6. The second kappa shape index (κ2) is 5.92. The Morgan fingerprint density at radius 3 is 2.14 bits per heavy atom. The average molecular weight is 336 g/mol. The lowest BCUT2D eigenvalue weighted by atomic mass is 10.1. The molecule has 1 N–H and O–H groups in total. The summed E-state index contributed by atoms with van der Waals surface area (Å²) in [7, 11) is 0. The standard InChI is InChI=1S/C14H7ClF5NO/c15-8-1-2-12(11(5-8)14(18,19)20)21-13(22)7-3-9(16)6-10(17)4-7/h1-6H,(H,21,22). The van der Waals surface area contributed by atoms with Gasteiger partial charge >= 0.3 is 6.18 Å². The van der Waals surface area contributed by atoms with E-state index < -0.39 is 40.5 Å². The molecule has 0 aromatic heterocycles. The number of anilines is 1. The lowest BCUT2D eigenvalue weighted by Gasteiger charge is -2.14. The number of carbonyl (C=O) groups excluding carboxylic acids is 1. The summed E-state index contributed by atoms with van der Waals surface area (Å²) in [6.45, 7) is 0. The van der Waals surface area contributed by atoms with Crippen LogP contribution in [0.2, 0.25) is 5.02 Å². The number of nitrogens with one attached hydrogen (secondary N) is 1. The van der Waals surface area contributed by atoms with Gasteiger partial charge < -0.3 is 5.32 Å². The van der Waals surface area contributed by atoms with E-state index in [1.807, 2.05) is 5.32 Å². The first-order valence-electron chi connectivity index (χ1n) is 5.81. The zero-order chi connectivity index (χ0) is 16.5. The number of halogens is 6. The van der Waals surface area contributed by atoms with Gasteiger partial charge in [0.2, 0.25) is 0 Å². The third kappa shape index (κ3) is 3.73. The molecule has 0 bridgehead atoms. The second-order valence-electron chi connectivity index (χ2n) is 4.30. The second-order valence-corrected chi connectivity index (χ2v) is 4.74. The lowest BCUT2D eigenvalue weighted by Crippen LogP contribution is -2.17. The normalized spacial score (nSPS) is 11.4. The van der Waals surface area contributed by atoms with E-state index in [0.717, 1.165) is 12.1 Å². The Hall–Kier alpha value is -2.15. The molecule has 0 saturated carbocycles. The van der Waals surface area contributed by atoms with E-state index in [9.17, 15) is 26.7 Å². The van der Waals surface area contributed by atoms with Gasteiger partial charge in [-0.05, 0) is 30.3 Å². The minimum absolute atomic E-state index is 0.165. The van der Waals surface area contributed by atoms with Gasteiger partial charge in [0.05, 0.1) is 11.3 Å². The van der Waals surface area contributed by atoms with Crippen molar-refractivity contribution in [1.82, 2.24) is 0 Å². The fourth-order valence-electron chi connectivity index (χ4n) is 1.74. The summed E-state index contributed by atoms with van der Waals surface area (Å²) in [4.78, 5) is 11.8. The minimum Gasteiger partial charge on any atom is -0.321 e. The van der Waals surface area contributed by atoms with Crippen LogP contribution in [0.25, 0.3) is 0 Å². The summed E-state index contributed by atoms with van der Waals surface area (Å²) in [5.74, 6) is -3.11. The number of alkyl halides is 3. The SMILES string of the molecule is O=C(Nc1ccc(Cl)cc1C(F)(F)F)c1cc(F)cc(F)c1. The minimum atomic E-state index is -4.75. The van der Waals surface area contributed by atoms with Crippen LogP contribution in [0.3, 0.4) is 0 Å². The molecule has 0 unspecified atom stereocenters. The largest absolute Gasteiger partial charge is 0.418 e. The number of benzene rings is 2. The van der Waals surface area contributed by atoms with Gasteiger partial charge in [-0.3, -0.25) is 4.79 Å². The molecule has 0 atom stereocenters. The van der Waals surface area contributed by atoms with E-state index in [0.29, 0.717) is 24.3 Å². The first-order chi connectivity index (χ1) is 10.2. The van der Waals surface area contributed by atoms with Crippen molar-refractivity contribution in [3.63, 3.8) is 0 Å². The van der Waals surface area contributed by atoms with Crippen molar-refractivity contribution in [1.29, 1.82) is 0 Å². The van der Waals surface area contributed by atoms with Gasteiger partial charge in [-0.2, -0.15) is 13.2 Å². The van der Waals surface area contributed by atoms with Crippen molar-refractivity contribution < 1.29 is 26.7 Å². The molecule has 2 aromatic carbocycles. The van der Waals surface area contributed by atoms with Gasteiger partial charge in [0, 0.05) is 16.7 Å². The van der Waals surface area contributed by atoms with Crippen LogP contribution in [0, 0.1) is 11.6 Å². The van der Waals surface area contributed by atoms with E-state index >= 15 is 0 Å². The molecule has 1 amide bonds. The molecule has 0 heterocycles. The van der Waals surface area contributed by atoms with Crippen molar-refractivity contribution >= 4 is 23.2 Å². The number of rotatable bonds is 2. The van der Waals surface area contributed by atoms with Crippen LogP contribution < -0.4 is 5.32 Å². The molecule has 2 nitrogen and oxygen atoms in total. The van der Waals surface area contributed by atoms with Gasteiger partial charge in [0.1, 0.15) is 11.6 Å². The number of amides is 1. The molecule has 0 aliphatic rings. The summed E-state index contributed by atoms with van der Waals surface area (Å²) in [6, 6.07) is 4.71. The van der Waals surface area contributed by atoms with Gasteiger partial charge in [-0.1, -0.05) is 11.6 Å². The Kier molecular flexibility index (Phi) is 4.37. The highest BCUT2D eigenvalue weighted by Gasteiger charge is 2.34. The van der Waals surface area contributed by atoms with E-state index in [1.54, 1.807) is 0 Å². The first kappa shape index (κ1) is 16.2. The Morgan fingerprint density at radius 1 is 1.00 bits per heavy atom. The molecule has 22 heavy (non-hydrogen) atoms. The molecule has 2 aromatic rings. The van der Waals surface area contributed by atoms with Gasteiger partial charge in [-0.25, -0.2) is 8.78 Å². The van der Waals surface area contributed by atoms with Crippen LogP contribution in [-0.2, 0) is 6.18 Å². The number of hydrogen-bond acceptors (Lipinski definition) is 1. The molecule has 116 valence electrons. The Balaban J connectivity index is 2.36. The zero-order valence-corrected chi connectivity index (χ0v) is 11.4. The van der Waals surface area contributed by atoms with Crippen LogP contribution in [-0.4, -0.2) is 5.91 Å². The van der Waals surface area contributed by atoms with Crippen molar-refractivity contribution in [2.24, 2.45) is 0 Å².